The van der Waals surface area contributed by atoms with Crippen LogP contribution in [0, 0.1) is 0 Å². The van der Waals surface area contributed by atoms with E-state index in [1.807, 2.05) is 0 Å². The Morgan fingerprint density at radius 3 is 2.38 bits per heavy atom. The van der Waals surface area contributed by atoms with E-state index in [1.165, 1.54) is 31.3 Å². The smallest absolute Gasteiger partial charge is 1.00 e. The maximum Gasteiger partial charge on any atom is -1.00 e. The molecule has 0 aromatic heterocycles. The molecule has 0 saturated carbocycles. The molecule has 1 aliphatic carbocycles. The normalized spacial score (nSPS) is 14.9. The van der Waals surface area contributed by atoms with Crippen LogP contribution in [0.2, 0.25) is 0 Å². The van der Waals surface area contributed by atoms with Crippen LogP contribution in [0.5, 0.6) is 0 Å². The first-order valence-corrected chi connectivity index (χ1v) is 5.14. The summed E-state index contributed by atoms with van der Waals surface area (Å²) >= 11 is 2.26. The molecule has 0 N–H and O–H groups in total. The minimum atomic E-state index is 0. The van der Waals surface area contributed by atoms with Gasteiger partial charge in [0.2, 0.25) is 0 Å². The Balaban J connectivity index is 0. The molecule has 0 nitrogen and oxygen atoms in total. The van der Waals surface area contributed by atoms with Gasteiger partial charge in [-0.05, 0) is 0 Å². The molecule has 0 heterocycles. The van der Waals surface area contributed by atoms with Gasteiger partial charge in [-0.3, -0.25) is 0 Å². The maximum absolute atomic E-state index is 2.35. The number of hydrogen-bond donors (Lipinski definition) is 0. The second kappa shape index (κ2) is 8.11. The predicted octanol–water partition coefficient (Wildman–Crippen LogP) is -2.66. The van der Waals surface area contributed by atoms with Gasteiger partial charge < -0.3 is 24.8 Å². The molecule has 0 aromatic rings. The number of rotatable bonds is 3. The summed E-state index contributed by atoms with van der Waals surface area (Å²) in [6, 6.07) is 0. The molecule has 0 bridgehead atoms. The van der Waals surface area contributed by atoms with Crippen LogP contribution in [-0.4, -0.2) is 0 Å². The van der Waals surface area contributed by atoms with E-state index in [0.29, 0.717) is 0 Å². The van der Waals surface area contributed by atoms with Crippen molar-refractivity contribution in [2.24, 2.45) is 0 Å². The van der Waals surface area contributed by atoms with Gasteiger partial charge in [-0.1, -0.05) is 0 Å². The maximum atomic E-state index is 2.35. The zero-order chi connectivity index (χ0) is 8.27. The zero-order valence-electron chi connectivity index (χ0n) is 8.16. The van der Waals surface area contributed by atoms with Crippen molar-refractivity contribution in [3.8, 4) is 0 Å². The molecule has 13 heavy (non-hydrogen) atoms. The van der Waals surface area contributed by atoms with Crippen molar-refractivity contribution >= 4 is 0 Å². The first kappa shape index (κ1) is 16.2. The molecule has 0 aromatic carbocycles. The fourth-order valence-electron chi connectivity index (χ4n) is 1.44. The van der Waals surface area contributed by atoms with Crippen LogP contribution in [0.4, 0.5) is 0 Å². The van der Waals surface area contributed by atoms with Crippen molar-refractivity contribution < 1.29 is 45.2 Å². The molecule has 0 atom stereocenters. The van der Waals surface area contributed by atoms with E-state index in [0.717, 1.165) is 0 Å². The van der Waals surface area contributed by atoms with Crippen molar-refractivity contribution in [3.63, 3.8) is 0 Å². The quantitative estimate of drug-likeness (QED) is 0.482. The van der Waals surface area contributed by atoms with Gasteiger partial charge in [0, 0.05) is 0 Å². The van der Waals surface area contributed by atoms with Gasteiger partial charge in [0.05, 0.1) is 0 Å². The summed E-state index contributed by atoms with van der Waals surface area (Å²) in [5.74, 6) is 0. The molecule has 1 rings (SSSR count). The Kier molecular flexibility index (Phi) is 10.1. The van der Waals surface area contributed by atoms with E-state index in [1.54, 1.807) is 9.45 Å². The summed E-state index contributed by atoms with van der Waals surface area (Å²) in [6.45, 7) is 4.49. The molecule has 0 fully saturated rings. The molecule has 3 heteroatoms. The van der Waals surface area contributed by atoms with E-state index in [9.17, 15) is 0 Å². The number of allylic oxidation sites excluding steroid dienone is 4. The van der Waals surface area contributed by atoms with Gasteiger partial charge in [-0.2, -0.15) is 0 Å². The largest absolute Gasteiger partial charge is 1.00 e. The SMILES string of the molecule is CCCCC1=[C]([Ti+2])CC=C1C.[Cl-].[Cl-]. The molecule has 0 aliphatic heterocycles. The molecule has 73 valence electrons. The van der Waals surface area contributed by atoms with E-state index >= 15 is 0 Å². The zero-order valence-corrected chi connectivity index (χ0v) is 11.2. The van der Waals surface area contributed by atoms with Gasteiger partial charge in [-0.25, -0.2) is 0 Å². The van der Waals surface area contributed by atoms with Crippen molar-refractivity contribution in [3.05, 3.63) is 21.1 Å². The fraction of sp³-hybridized carbons (Fsp3) is 0.600. The second-order valence-electron chi connectivity index (χ2n) is 3.15. The van der Waals surface area contributed by atoms with E-state index in [2.05, 4.69) is 40.4 Å². The summed E-state index contributed by atoms with van der Waals surface area (Å²) in [5.41, 5.74) is 3.16. The first-order chi connectivity index (χ1) is 5.25. The van der Waals surface area contributed by atoms with Crippen LogP contribution in [0.25, 0.3) is 0 Å². The average molecular weight is 254 g/mol. The summed E-state index contributed by atoms with van der Waals surface area (Å²) in [7, 11) is 0. The third-order valence-corrected chi connectivity index (χ3v) is 3.02. The van der Waals surface area contributed by atoms with E-state index < -0.39 is 0 Å². The monoisotopic (exact) mass is 253 g/mol. The summed E-state index contributed by atoms with van der Waals surface area (Å²) < 4.78 is 1.59. The minimum absolute atomic E-state index is 0. The number of hydrogen-bond acceptors (Lipinski definition) is 0. The van der Waals surface area contributed by atoms with E-state index in [4.69, 9.17) is 0 Å². The van der Waals surface area contributed by atoms with E-state index in [-0.39, 0.29) is 24.8 Å². The van der Waals surface area contributed by atoms with Crippen LogP contribution in [0.3, 0.4) is 0 Å². The van der Waals surface area contributed by atoms with Gasteiger partial charge in [-0.15, -0.1) is 0 Å². The van der Waals surface area contributed by atoms with Crippen LogP contribution in [-0.2, 0) is 20.4 Å². The Hall–Kier alpha value is 0.774. The van der Waals surface area contributed by atoms with Gasteiger partial charge in [0.25, 0.3) is 0 Å². The molecule has 1 aliphatic rings. The molecule has 0 amide bonds. The summed E-state index contributed by atoms with van der Waals surface area (Å²) in [5, 5.41) is 0. The Bertz CT molecular complexity index is 207. The number of halogens is 2. The fourth-order valence-corrected chi connectivity index (χ4v) is 2.10. The van der Waals surface area contributed by atoms with Gasteiger partial charge in [0.1, 0.15) is 0 Å². The third kappa shape index (κ3) is 4.69. The van der Waals surface area contributed by atoms with Crippen LogP contribution >= 0.6 is 0 Å². The standard InChI is InChI=1S/C10H15.2ClH.Ti/c1-3-4-7-10-8-5-6-9(10)2;;;/h6H,3-5,7H2,1-2H3;2*1H;/q;;;+2/p-2. The minimum Gasteiger partial charge on any atom is -1.00 e. The van der Waals surface area contributed by atoms with Crippen molar-refractivity contribution in [1.29, 1.82) is 0 Å². The Morgan fingerprint density at radius 1 is 1.38 bits per heavy atom. The molecule has 0 saturated heterocycles. The van der Waals surface area contributed by atoms with Crippen molar-refractivity contribution in [2.75, 3.05) is 0 Å². The second-order valence-corrected chi connectivity index (χ2v) is 4.09. The summed E-state index contributed by atoms with van der Waals surface area (Å²) in [4.78, 5) is 0. The Morgan fingerprint density at radius 2 is 2.00 bits per heavy atom. The average Bonchev–Trinajstić information content (AvgIpc) is 2.29. The molecule has 0 radical (unpaired) electrons. The Labute approximate surface area is 105 Å². The van der Waals surface area contributed by atoms with Gasteiger partial charge >= 0.3 is 81.1 Å². The van der Waals surface area contributed by atoms with Crippen LogP contribution in [0.15, 0.2) is 21.1 Å². The third-order valence-electron chi connectivity index (χ3n) is 2.23. The van der Waals surface area contributed by atoms with Crippen LogP contribution in [0.1, 0.15) is 39.5 Å². The van der Waals surface area contributed by atoms with Gasteiger partial charge in [0.15, 0.2) is 0 Å². The molecular formula is C10H15Cl2Ti. The first-order valence-electron chi connectivity index (χ1n) is 4.36. The molecular weight excluding hydrogens is 239 g/mol. The number of unbranched alkanes of at least 4 members (excludes halogenated alkanes) is 1. The summed E-state index contributed by atoms with van der Waals surface area (Å²) in [6.07, 6.45) is 7.50. The molecule has 0 spiro atoms. The topological polar surface area (TPSA) is 0 Å². The predicted molar refractivity (Wildman–Crippen MR) is 44.9 cm³/mol. The molecule has 0 unspecified atom stereocenters. The van der Waals surface area contributed by atoms with Crippen LogP contribution < -0.4 is 24.8 Å². The van der Waals surface area contributed by atoms with Crippen molar-refractivity contribution in [2.45, 2.75) is 39.5 Å². The van der Waals surface area contributed by atoms with Crippen molar-refractivity contribution in [1.82, 2.24) is 0 Å².